The van der Waals surface area contributed by atoms with E-state index in [0.29, 0.717) is 23.9 Å². The van der Waals surface area contributed by atoms with Gasteiger partial charge in [0, 0.05) is 29.9 Å². The van der Waals surface area contributed by atoms with Crippen molar-refractivity contribution in [3.63, 3.8) is 0 Å². The van der Waals surface area contributed by atoms with Crippen LogP contribution in [0.2, 0.25) is 0 Å². The first-order valence-corrected chi connectivity index (χ1v) is 12.4. The molecule has 0 amide bonds. The molecular formula is C21H21FN6O4S2. The fourth-order valence-corrected chi connectivity index (χ4v) is 5.55. The number of aryl methyl sites for hydroxylation is 1. The molecular weight excluding hydrogens is 483 g/mol. The monoisotopic (exact) mass is 504 g/mol. The molecule has 0 radical (unpaired) electrons. The lowest BCUT2D eigenvalue weighted by molar-refractivity contribution is 0.413. The maximum atomic E-state index is 13.7. The molecule has 4 aromatic rings. The normalized spacial score (nSPS) is 15.5. The van der Waals surface area contributed by atoms with Gasteiger partial charge in [0.15, 0.2) is 0 Å². The predicted molar refractivity (Wildman–Crippen MR) is 127 cm³/mol. The summed E-state index contributed by atoms with van der Waals surface area (Å²) in [6.07, 6.45) is 5.82. The fraction of sp³-hybridized carbons (Fsp3) is 0.333. The van der Waals surface area contributed by atoms with E-state index in [-0.39, 0.29) is 24.2 Å². The molecule has 13 heteroatoms. The van der Waals surface area contributed by atoms with Crippen LogP contribution in [0.5, 0.6) is 0 Å². The Labute approximate surface area is 199 Å². The van der Waals surface area contributed by atoms with Crippen LogP contribution in [0.3, 0.4) is 0 Å². The minimum atomic E-state index is -2.48. The molecule has 1 aliphatic carbocycles. The van der Waals surface area contributed by atoms with Gasteiger partial charge in [-0.2, -0.15) is 5.10 Å². The molecule has 3 aromatic heterocycles. The van der Waals surface area contributed by atoms with Crippen LogP contribution in [0.4, 0.5) is 10.1 Å². The number of nitrogens with zero attached hydrogens (tertiary/aromatic N) is 6. The van der Waals surface area contributed by atoms with Crippen molar-refractivity contribution in [2.75, 3.05) is 11.0 Å². The Bertz CT molecular complexity index is 1510. The molecule has 10 nitrogen and oxygen atoms in total. The molecule has 0 saturated heterocycles. The number of halogens is 1. The molecule has 3 heterocycles. The molecule has 1 saturated carbocycles. The molecule has 0 bridgehead atoms. The van der Waals surface area contributed by atoms with E-state index in [4.69, 9.17) is 0 Å². The number of alkyl halides is 1. The molecule has 1 fully saturated rings. The molecule has 178 valence electrons. The number of aromatic nitrogens is 5. The molecule has 0 aliphatic heterocycles. The molecule has 1 aliphatic rings. The third-order valence-corrected chi connectivity index (χ3v) is 7.68. The Morgan fingerprint density at radius 2 is 2.03 bits per heavy atom. The van der Waals surface area contributed by atoms with Crippen LogP contribution >= 0.6 is 11.3 Å². The van der Waals surface area contributed by atoms with Crippen LogP contribution in [0, 0.1) is 0 Å². The van der Waals surface area contributed by atoms with Gasteiger partial charge in [0.1, 0.15) is 6.67 Å². The Morgan fingerprint density at radius 3 is 2.62 bits per heavy atom. The van der Waals surface area contributed by atoms with Crippen molar-refractivity contribution in [2.24, 2.45) is 7.05 Å². The average Bonchev–Trinajstić information content (AvgIpc) is 3.20. The molecule has 0 spiro atoms. The van der Waals surface area contributed by atoms with Gasteiger partial charge in [-0.05, 0) is 31.0 Å². The fourth-order valence-electron chi connectivity index (χ4n) is 4.11. The second-order valence-electron chi connectivity index (χ2n) is 8.33. The van der Waals surface area contributed by atoms with Crippen LogP contribution in [-0.2, 0) is 31.4 Å². The number of hydrogen-bond donors (Lipinski definition) is 1. The first kappa shape index (κ1) is 22.6. The van der Waals surface area contributed by atoms with E-state index in [9.17, 15) is 22.7 Å². The average molecular weight is 505 g/mol. The van der Waals surface area contributed by atoms with E-state index in [1.54, 1.807) is 48.0 Å². The van der Waals surface area contributed by atoms with Gasteiger partial charge in [-0.3, -0.25) is 32.5 Å². The van der Waals surface area contributed by atoms with Crippen LogP contribution in [0.1, 0.15) is 23.3 Å². The Kier molecular flexibility index (Phi) is 5.70. The lowest BCUT2D eigenvalue weighted by Crippen LogP contribution is -2.42. The predicted octanol–water partition coefficient (Wildman–Crippen LogP) is 1.90. The maximum absolute atomic E-state index is 13.7. The summed E-state index contributed by atoms with van der Waals surface area (Å²) in [6.45, 7) is -0.567. The highest BCUT2D eigenvalue weighted by Gasteiger charge is 2.51. The number of thiazole rings is 1. The Morgan fingerprint density at radius 1 is 1.24 bits per heavy atom. The van der Waals surface area contributed by atoms with Gasteiger partial charge < -0.3 is 0 Å². The second-order valence-corrected chi connectivity index (χ2v) is 10.1. The summed E-state index contributed by atoms with van der Waals surface area (Å²) in [5.41, 5.74) is 0.868. The smallest absolute Gasteiger partial charge is 0.289 e. The summed E-state index contributed by atoms with van der Waals surface area (Å²) >= 11 is -1.10. The van der Waals surface area contributed by atoms with Crippen LogP contribution in [-0.4, -0.2) is 44.9 Å². The second kappa shape index (κ2) is 8.56. The van der Waals surface area contributed by atoms with E-state index in [2.05, 4.69) is 10.1 Å². The number of benzene rings is 1. The number of hydrogen-bond acceptors (Lipinski definition) is 6. The van der Waals surface area contributed by atoms with Crippen LogP contribution in [0.15, 0.2) is 51.9 Å². The van der Waals surface area contributed by atoms with Crippen molar-refractivity contribution in [2.45, 2.75) is 31.5 Å². The van der Waals surface area contributed by atoms with Gasteiger partial charge in [0.2, 0.25) is 0 Å². The summed E-state index contributed by atoms with van der Waals surface area (Å²) in [4.78, 5) is 31.8. The van der Waals surface area contributed by atoms with Gasteiger partial charge in [0.05, 0.1) is 46.9 Å². The quantitative estimate of drug-likeness (QED) is 0.367. The summed E-state index contributed by atoms with van der Waals surface area (Å²) in [6, 6.07) is 4.57. The topological polar surface area (TPSA) is 115 Å². The zero-order chi connectivity index (χ0) is 24.0. The highest BCUT2D eigenvalue weighted by molar-refractivity contribution is 7.80. The largest absolute Gasteiger partial charge is 0.332 e. The van der Waals surface area contributed by atoms with E-state index >= 15 is 0 Å². The summed E-state index contributed by atoms with van der Waals surface area (Å²) in [5.74, 6) is 0. The number of anilines is 1. The van der Waals surface area contributed by atoms with Gasteiger partial charge in [-0.1, -0.05) is 0 Å². The van der Waals surface area contributed by atoms with Gasteiger partial charge in [0.25, 0.3) is 16.8 Å². The maximum Gasteiger partial charge on any atom is 0.332 e. The van der Waals surface area contributed by atoms with Crippen molar-refractivity contribution < 1.29 is 13.2 Å². The van der Waals surface area contributed by atoms with E-state index in [1.165, 1.54) is 22.0 Å². The van der Waals surface area contributed by atoms with Crippen LogP contribution in [0.25, 0.3) is 10.9 Å². The molecule has 34 heavy (non-hydrogen) atoms. The van der Waals surface area contributed by atoms with Crippen molar-refractivity contribution in [3.8, 4) is 0 Å². The van der Waals surface area contributed by atoms with Crippen molar-refractivity contribution in [3.05, 3.63) is 73.6 Å². The van der Waals surface area contributed by atoms with Crippen molar-refractivity contribution >= 4 is 39.2 Å². The molecule has 1 aromatic carbocycles. The lowest BCUT2D eigenvalue weighted by Gasteiger charge is -2.28. The highest BCUT2D eigenvalue weighted by atomic mass is 32.2. The molecule has 5 rings (SSSR count). The number of fused-ring (bicyclic) bond motifs is 1. The SMILES string of the molecule is Cn1cc(Cn2c(=O)c3cc(N(S(=O)O)C4(CF)CC4)ccc3n(Cc3cncs3)c2=O)cn1. The third-order valence-electron chi connectivity index (χ3n) is 6.00. The molecule has 1 N–H and O–H groups in total. The zero-order valence-corrected chi connectivity index (χ0v) is 19.8. The number of rotatable bonds is 8. The molecule has 1 unspecified atom stereocenters. The minimum Gasteiger partial charge on any atom is -0.289 e. The van der Waals surface area contributed by atoms with E-state index in [1.807, 2.05) is 0 Å². The first-order chi connectivity index (χ1) is 16.3. The zero-order valence-electron chi connectivity index (χ0n) is 18.1. The summed E-state index contributed by atoms with van der Waals surface area (Å²) < 4.78 is 41.1. The highest BCUT2D eigenvalue weighted by Crippen LogP contribution is 2.45. The minimum absolute atomic E-state index is 0.0123. The van der Waals surface area contributed by atoms with E-state index < -0.39 is 34.7 Å². The standard InChI is InChI=1S/C21H21FN6O4S2/c1-25-9-14(7-24-25)10-27-19(29)17-6-15(28(34(31)32)21(12-22)4-5-21)2-3-18(17)26(20(27)30)11-16-8-23-13-33-16/h2-3,6-9,13H,4-5,10-12H2,1H3,(H,31,32). The summed E-state index contributed by atoms with van der Waals surface area (Å²) in [7, 11) is 1.74. The summed E-state index contributed by atoms with van der Waals surface area (Å²) in [5, 5.41) is 4.29. The molecule has 1 atom stereocenters. The van der Waals surface area contributed by atoms with Gasteiger partial charge >= 0.3 is 5.69 Å². The Balaban J connectivity index is 1.72. The Hall–Kier alpha value is -3.16. The van der Waals surface area contributed by atoms with Crippen molar-refractivity contribution in [1.29, 1.82) is 0 Å². The van der Waals surface area contributed by atoms with Gasteiger partial charge in [-0.25, -0.2) is 13.4 Å². The lowest BCUT2D eigenvalue weighted by atomic mass is 10.2. The van der Waals surface area contributed by atoms with Gasteiger partial charge in [-0.15, -0.1) is 11.3 Å². The van der Waals surface area contributed by atoms with Crippen LogP contribution < -0.4 is 15.6 Å². The van der Waals surface area contributed by atoms with E-state index in [0.717, 1.165) is 13.7 Å². The van der Waals surface area contributed by atoms with Crippen molar-refractivity contribution in [1.82, 2.24) is 23.9 Å². The first-order valence-electron chi connectivity index (χ1n) is 10.4. The third kappa shape index (κ3) is 3.89.